The topological polar surface area (TPSA) is 45.2 Å². The molecule has 0 spiro atoms. The lowest BCUT2D eigenvalue weighted by molar-refractivity contribution is -0.130. The molecule has 2 aromatic rings. The SMILES string of the molecule is O=C(NC1CCN(c2cccnc2)C1)C1(c2cccc(F)c2)CCC1. The Morgan fingerprint density at radius 3 is 2.84 bits per heavy atom. The van der Waals surface area contributed by atoms with Crippen molar-refractivity contribution in [2.24, 2.45) is 0 Å². The summed E-state index contributed by atoms with van der Waals surface area (Å²) in [6, 6.07) is 10.6. The van der Waals surface area contributed by atoms with Crippen LogP contribution in [-0.2, 0) is 10.2 Å². The molecule has 1 saturated carbocycles. The third kappa shape index (κ3) is 2.99. The van der Waals surface area contributed by atoms with Crippen LogP contribution in [0.15, 0.2) is 48.8 Å². The molecule has 1 aromatic carbocycles. The zero-order valence-electron chi connectivity index (χ0n) is 14.1. The fourth-order valence-electron chi connectivity index (χ4n) is 3.94. The standard InChI is InChI=1S/C20H22FN3O/c21-16-5-1-4-15(12-16)20(8-3-9-20)19(25)23-17-7-11-24(14-17)18-6-2-10-22-13-18/h1-2,4-6,10,12-13,17H,3,7-9,11,14H2,(H,23,25). The fourth-order valence-corrected chi connectivity index (χ4v) is 3.94. The number of anilines is 1. The summed E-state index contributed by atoms with van der Waals surface area (Å²) in [4.78, 5) is 19.4. The summed E-state index contributed by atoms with van der Waals surface area (Å²) in [6.07, 6.45) is 7.13. The summed E-state index contributed by atoms with van der Waals surface area (Å²) in [5, 5.41) is 3.22. The smallest absolute Gasteiger partial charge is 0.230 e. The van der Waals surface area contributed by atoms with Gasteiger partial charge in [-0.3, -0.25) is 9.78 Å². The lowest BCUT2D eigenvalue weighted by atomic mass is 9.63. The van der Waals surface area contributed by atoms with Gasteiger partial charge < -0.3 is 10.2 Å². The van der Waals surface area contributed by atoms with Crippen molar-refractivity contribution < 1.29 is 9.18 Å². The number of hydrogen-bond donors (Lipinski definition) is 1. The Balaban J connectivity index is 1.45. The van der Waals surface area contributed by atoms with E-state index in [1.807, 2.05) is 24.4 Å². The number of halogens is 1. The highest BCUT2D eigenvalue weighted by atomic mass is 19.1. The maximum Gasteiger partial charge on any atom is 0.230 e. The van der Waals surface area contributed by atoms with E-state index in [9.17, 15) is 9.18 Å². The number of pyridine rings is 1. The molecule has 1 unspecified atom stereocenters. The van der Waals surface area contributed by atoms with Gasteiger partial charge in [-0.15, -0.1) is 0 Å². The van der Waals surface area contributed by atoms with Gasteiger partial charge in [0.25, 0.3) is 0 Å². The van der Waals surface area contributed by atoms with Crippen molar-refractivity contribution in [2.75, 3.05) is 18.0 Å². The van der Waals surface area contributed by atoms with Crippen LogP contribution in [0.5, 0.6) is 0 Å². The Kier molecular flexibility index (Phi) is 4.15. The van der Waals surface area contributed by atoms with Gasteiger partial charge in [0.15, 0.2) is 0 Å². The first-order chi connectivity index (χ1) is 12.2. The van der Waals surface area contributed by atoms with Crippen LogP contribution in [0.1, 0.15) is 31.2 Å². The van der Waals surface area contributed by atoms with Gasteiger partial charge in [-0.1, -0.05) is 18.6 Å². The molecule has 1 saturated heterocycles. The van der Waals surface area contributed by atoms with E-state index in [1.165, 1.54) is 12.1 Å². The number of nitrogens with zero attached hydrogens (tertiary/aromatic N) is 2. The molecule has 1 N–H and O–H groups in total. The molecule has 0 bridgehead atoms. The van der Waals surface area contributed by atoms with Crippen molar-refractivity contribution in [1.29, 1.82) is 0 Å². The molecule has 25 heavy (non-hydrogen) atoms. The van der Waals surface area contributed by atoms with E-state index in [-0.39, 0.29) is 17.8 Å². The Bertz CT molecular complexity index is 761. The van der Waals surface area contributed by atoms with Crippen molar-refractivity contribution in [3.63, 3.8) is 0 Å². The summed E-state index contributed by atoms with van der Waals surface area (Å²) in [5.74, 6) is -0.234. The minimum Gasteiger partial charge on any atom is -0.368 e. The minimum absolute atomic E-state index is 0.0439. The number of benzene rings is 1. The Hall–Kier alpha value is -2.43. The van der Waals surface area contributed by atoms with Crippen LogP contribution >= 0.6 is 0 Å². The molecule has 5 heteroatoms. The molecule has 1 amide bonds. The number of carbonyl (C=O) groups is 1. The lowest BCUT2D eigenvalue weighted by Crippen LogP contribution is -2.52. The number of aromatic nitrogens is 1. The van der Waals surface area contributed by atoms with E-state index < -0.39 is 5.41 Å². The predicted octanol–water partition coefficient (Wildman–Crippen LogP) is 3.04. The summed E-state index contributed by atoms with van der Waals surface area (Å²) < 4.78 is 13.6. The maximum atomic E-state index is 13.6. The van der Waals surface area contributed by atoms with Gasteiger partial charge >= 0.3 is 0 Å². The third-order valence-corrected chi connectivity index (χ3v) is 5.55. The molecule has 1 aliphatic carbocycles. The zero-order valence-corrected chi connectivity index (χ0v) is 14.1. The first kappa shape index (κ1) is 16.1. The summed E-state index contributed by atoms with van der Waals surface area (Å²) in [6.45, 7) is 1.69. The molecular weight excluding hydrogens is 317 g/mol. The average molecular weight is 339 g/mol. The first-order valence-electron chi connectivity index (χ1n) is 8.89. The van der Waals surface area contributed by atoms with E-state index in [0.717, 1.165) is 50.0 Å². The first-order valence-corrected chi connectivity index (χ1v) is 8.89. The highest BCUT2D eigenvalue weighted by molar-refractivity contribution is 5.89. The van der Waals surface area contributed by atoms with E-state index in [2.05, 4.69) is 15.2 Å². The van der Waals surface area contributed by atoms with Crippen LogP contribution in [0.25, 0.3) is 0 Å². The molecular formula is C20H22FN3O. The van der Waals surface area contributed by atoms with Crippen LogP contribution in [0, 0.1) is 5.82 Å². The van der Waals surface area contributed by atoms with Crippen LogP contribution in [0.4, 0.5) is 10.1 Å². The van der Waals surface area contributed by atoms with E-state index in [4.69, 9.17) is 0 Å². The van der Waals surface area contributed by atoms with Gasteiger partial charge in [-0.05, 0) is 49.1 Å². The van der Waals surface area contributed by atoms with Crippen molar-refractivity contribution in [3.8, 4) is 0 Å². The Labute approximate surface area is 147 Å². The van der Waals surface area contributed by atoms with Crippen molar-refractivity contribution in [1.82, 2.24) is 10.3 Å². The number of hydrogen-bond acceptors (Lipinski definition) is 3. The van der Waals surface area contributed by atoms with Gasteiger partial charge in [0.1, 0.15) is 5.82 Å². The van der Waals surface area contributed by atoms with Gasteiger partial charge in [-0.2, -0.15) is 0 Å². The summed E-state index contributed by atoms with van der Waals surface area (Å²) >= 11 is 0. The molecule has 1 aliphatic heterocycles. The minimum atomic E-state index is -0.552. The third-order valence-electron chi connectivity index (χ3n) is 5.55. The summed E-state index contributed by atoms with van der Waals surface area (Å²) in [5.41, 5.74) is 1.34. The normalized spacial score (nSPS) is 21.6. The van der Waals surface area contributed by atoms with Crippen molar-refractivity contribution in [3.05, 3.63) is 60.2 Å². The fraction of sp³-hybridized carbons (Fsp3) is 0.400. The Morgan fingerprint density at radius 2 is 2.16 bits per heavy atom. The van der Waals surface area contributed by atoms with Crippen LogP contribution in [0.2, 0.25) is 0 Å². The number of amides is 1. The molecule has 1 atom stereocenters. The molecule has 4 nitrogen and oxygen atoms in total. The van der Waals surface area contributed by atoms with E-state index >= 15 is 0 Å². The molecule has 4 rings (SSSR count). The zero-order chi connectivity index (χ0) is 17.3. The molecule has 1 aromatic heterocycles. The monoisotopic (exact) mass is 339 g/mol. The van der Waals surface area contributed by atoms with Gasteiger partial charge in [0.2, 0.25) is 5.91 Å². The van der Waals surface area contributed by atoms with Crippen LogP contribution in [0.3, 0.4) is 0 Å². The second-order valence-electron chi connectivity index (χ2n) is 7.06. The molecule has 2 aliphatic rings. The largest absolute Gasteiger partial charge is 0.368 e. The quantitative estimate of drug-likeness (QED) is 0.931. The van der Waals surface area contributed by atoms with Crippen molar-refractivity contribution >= 4 is 11.6 Å². The van der Waals surface area contributed by atoms with Gasteiger partial charge in [-0.25, -0.2) is 4.39 Å². The van der Waals surface area contributed by atoms with Gasteiger partial charge in [0.05, 0.1) is 17.3 Å². The van der Waals surface area contributed by atoms with Gasteiger partial charge in [0, 0.05) is 25.3 Å². The summed E-state index contributed by atoms with van der Waals surface area (Å²) in [7, 11) is 0. The maximum absolute atomic E-state index is 13.6. The van der Waals surface area contributed by atoms with E-state index in [0.29, 0.717) is 0 Å². The second-order valence-corrected chi connectivity index (χ2v) is 7.06. The molecule has 2 fully saturated rings. The van der Waals surface area contributed by atoms with Crippen LogP contribution < -0.4 is 10.2 Å². The van der Waals surface area contributed by atoms with Crippen LogP contribution in [-0.4, -0.2) is 30.0 Å². The second kappa shape index (κ2) is 6.47. The molecule has 130 valence electrons. The van der Waals surface area contributed by atoms with Crippen molar-refractivity contribution in [2.45, 2.75) is 37.1 Å². The number of rotatable bonds is 4. The average Bonchev–Trinajstić information content (AvgIpc) is 3.03. The Morgan fingerprint density at radius 1 is 1.28 bits per heavy atom. The molecule has 0 radical (unpaired) electrons. The predicted molar refractivity (Wildman–Crippen MR) is 94.9 cm³/mol. The molecule has 2 heterocycles. The number of carbonyl (C=O) groups excluding carboxylic acids is 1. The number of nitrogens with one attached hydrogen (secondary N) is 1. The van der Waals surface area contributed by atoms with E-state index in [1.54, 1.807) is 12.3 Å². The highest BCUT2D eigenvalue weighted by Gasteiger charge is 2.46. The highest BCUT2D eigenvalue weighted by Crippen LogP contribution is 2.44. The lowest BCUT2D eigenvalue weighted by Gasteiger charge is -2.41.